The number of hydrogen-bond donors (Lipinski definition) is 1. The van der Waals surface area contributed by atoms with E-state index in [9.17, 15) is 4.79 Å². The summed E-state index contributed by atoms with van der Waals surface area (Å²) in [6.07, 6.45) is 0.245. The number of ether oxygens (including phenoxy) is 1. The Morgan fingerprint density at radius 3 is 2.42 bits per heavy atom. The maximum Gasteiger partial charge on any atom is 0.317 e. The van der Waals surface area contributed by atoms with Crippen LogP contribution in [-0.4, -0.2) is 66.8 Å². The summed E-state index contributed by atoms with van der Waals surface area (Å²) in [5.41, 5.74) is 0. The molecule has 19 heavy (non-hydrogen) atoms. The largest absolute Gasteiger partial charge is 0.372 e. The Bertz CT molecular complexity index is 274. The second-order valence-electron chi connectivity index (χ2n) is 5.62. The number of amides is 2. The van der Waals surface area contributed by atoms with E-state index in [-0.39, 0.29) is 18.2 Å². The third-order valence-corrected chi connectivity index (χ3v) is 3.52. The highest BCUT2D eigenvalue weighted by Crippen LogP contribution is 2.10. The first-order valence-electron chi connectivity index (χ1n) is 7.36. The maximum atomic E-state index is 12.1. The van der Waals surface area contributed by atoms with Crippen LogP contribution < -0.4 is 5.32 Å². The van der Waals surface area contributed by atoms with Crippen molar-refractivity contribution >= 4 is 6.03 Å². The lowest BCUT2D eigenvalue weighted by Gasteiger charge is -2.35. The molecule has 1 aliphatic rings. The van der Waals surface area contributed by atoms with Crippen molar-refractivity contribution in [3.63, 3.8) is 0 Å². The molecular weight excluding hydrogens is 242 g/mol. The molecule has 0 bridgehead atoms. The van der Waals surface area contributed by atoms with Crippen LogP contribution in [0.1, 0.15) is 34.6 Å². The standard InChI is InChI=1S/C14H29N3O2/c1-6-16(11(2)3)8-7-15-14(18)17-9-12(4)19-13(5)10-17/h11-13H,6-10H2,1-5H3,(H,15,18)/t12-,13-/m1/s1. The second kappa shape index (κ2) is 7.70. The lowest BCUT2D eigenvalue weighted by molar-refractivity contribution is -0.0545. The number of likely N-dealkylation sites (N-methyl/N-ethyl adjacent to an activating group) is 1. The van der Waals surface area contributed by atoms with Crippen LogP contribution in [0.25, 0.3) is 0 Å². The Kier molecular flexibility index (Phi) is 6.58. The molecule has 112 valence electrons. The van der Waals surface area contributed by atoms with Crippen molar-refractivity contribution in [2.45, 2.75) is 52.9 Å². The molecule has 0 unspecified atom stereocenters. The Morgan fingerprint density at radius 1 is 1.37 bits per heavy atom. The van der Waals surface area contributed by atoms with Crippen molar-refractivity contribution < 1.29 is 9.53 Å². The van der Waals surface area contributed by atoms with Crippen LogP contribution in [0.3, 0.4) is 0 Å². The summed E-state index contributed by atoms with van der Waals surface area (Å²) in [4.78, 5) is 16.3. The molecule has 0 aromatic carbocycles. The van der Waals surface area contributed by atoms with Gasteiger partial charge in [-0.15, -0.1) is 0 Å². The van der Waals surface area contributed by atoms with Gasteiger partial charge in [-0.2, -0.15) is 0 Å². The van der Waals surface area contributed by atoms with Crippen LogP contribution in [0.5, 0.6) is 0 Å². The lowest BCUT2D eigenvalue weighted by Crippen LogP contribution is -2.52. The van der Waals surface area contributed by atoms with E-state index in [1.54, 1.807) is 0 Å². The van der Waals surface area contributed by atoms with Crippen molar-refractivity contribution in [2.75, 3.05) is 32.7 Å². The van der Waals surface area contributed by atoms with Crippen LogP contribution in [0, 0.1) is 0 Å². The van der Waals surface area contributed by atoms with E-state index >= 15 is 0 Å². The van der Waals surface area contributed by atoms with E-state index in [0.29, 0.717) is 25.7 Å². The number of hydrogen-bond acceptors (Lipinski definition) is 3. The molecule has 5 nitrogen and oxygen atoms in total. The quantitative estimate of drug-likeness (QED) is 0.825. The number of nitrogens with one attached hydrogen (secondary N) is 1. The zero-order valence-corrected chi connectivity index (χ0v) is 13.0. The zero-order chi connectivity index (χ0) is 14.4. The van der Waals surface area contributed by atoms with Crippen LogP contribution in [0.15, 0.2) is 0 Å². The van der Waals surface area contributed by atoms with Crippen LogP contribution in [0.2, 0.25) is 0 Å². The Morgan fingerprint density at radius 2 is 1.95 bits per heavy atom. The molecule has 1 aliphatic heterocycles. The molecular formula is C14H29N3O2. The number of urea groups is 1. The molecule has 1 fully saturated rings. The van der Waals surface area contributed by atoms with Gasteiger partial charge in [0, 0.05) is 32.2 Å². The highest BCUT2D eigenvalue weighted by Gasteiger charge is 2.25. The highest BCUT2D eigenvalue weighted by atomic mass is 16.5. The minimum absolute atomic E-state index is 0.0295. The van der Waals surface area contributed by atoms with E-state index in [1.807, 2.05) is 18.7 Å². The molecule has 0 radical (unpaired) electrons. The van der Waals surface area contributed by atoms with Gasteiger partial charge in [0.2, 0.25) is 0 Å². The zero-order valence-electron chi connectivity index (χ0n) is 13.0. The predicted octanol–water partition coefficient (Wildman–Crippen LogP) is 1.54. The molecule has 2 amide bonds. The first kappa shape index (κ1) is 16.2. The van der Waals surface area contributed by atoms with E-state index in [1.165, 1.54) is 0 Å². The van der Waals surface area contributed by atoms with Gasteiger partial charge in [-0.05, 0) is 34.2 Å². The number of rotatable bonds is 5. The summed E-state index contributed by atoms with van der Waals surface area (Å²) >= 11 is 0. The summed E-state index contributed by atoms with van der Waals surface area (Å²) in [6.45, 7) is 14.5. The number of carbonyl (C=O) groups excluding carboxylic acids is 1. The topological polar surface area (TPSA) is 44.8 Å². The Balaban J connectivity index is 2.31. The van der Waals surface area contributed by atoms with Crippen LogP contribution >= 0.6 is 0 Å². The highest BCUT2D eigenvalue weighted by molar-refractivity contribution is 5.74. The molecule has 1 N–H and O–H groups in total. The molecule has 0 aliphatic carbocycles. The van der Waals surface area contributed by atoms with Gasteiger partial charge >= 0.3 is 6.03 Å². The van der Waals surface area contributed by atoms with E-state index in [0.717, 1.165) is 13.1 Å². The van der Waals surface area contributed by atoms with Gasteiger partial charge in [0.05, 0.1) is 12.2 Å². The minimum atomic E-state index is 0.0295. The minimum Gasteiger partial charge on any atom is -0.372 e. The fraction of sp³-hybridized carbons (Fsp3) is 0.929. The van der Waals surface area contributed by atoms with Gasteiger partial charge in [-0.25, -0.2) is 4.79 Å². The van der Waals surface area contributed by atoms with Gasteiger partial charge in [-0.1, -0.05) is 6.92 Å². The maximum absolute atomic E-state index is 12.1. The van der Waals surface area contributed by atoms with E-state index < -0.39 is 0 Å². The fourth-order valence-electron chi connectivity index (χ4n) is 2.54. The SMILES string of the molecule is CCN(CCNC(=O)N1C[C@@H](C)O[C@H](C)C1)C(C)C. The van der Waals surface area contributed by atoms with Gasteiger partial charge in [0.1, 0.15) is 0 Å². The molecule has 1 heterocycles. The Hall–Kier alpha value is -0.810. The Labute approximate surface area is 117 Å². The molecule has 5 heteroatoms. The summed E-state index contributed by atoms with van der Waals surface area (Å²) in [6, 6.07) is 0.548. The third kappa shape index (κ3) is 5.37. The lowest BCUT2D eigenvalue weighted by atomic mass is 10.2. The van der Waals surface area contributed by atoms with Crippen molar-refractivity contribution in [3.8, 4) is 0 Å². The van der Waals surface area contributed by atoms with Gasteiger partial charge in [0.15, 0.2) is 0 Å². The molecule has 1 rings (SSSR count). The average molecular weight is 271 g/mol. The second-order valence-corrected chi connectivity index (χ2v) is 5.62. The molecule has 0 aromatic heterocycles. The summed E-state index contributed by atoms with van der Waals surface area (Å²) in [7, 11) is 0. The normalized spacial score (nSPS) is 24.1. The molecule has 0 spiro atoms. The van der Waals surface area contributed by atoms with Crippen LogP contribution in [-0.2, 0) is 4.74 Å². The number of carbonyl (C=O) groups is 1. The number of nitrogens with zero attached hydrogens (tertiary/aromatic N) is 2. The monoisotopic (exact) mass is 271 g/mol. The molecule has 0 saturated carbocycles. The molecule has 2 atom stereocenters. The molecule has 0 aromatic rings. The predicted molar refractivity (Wildman–Crippen MR) is 77.4 cm³/mol. The fourth-order valence-corrected chi connectivity index (χ4v) is 2.54. The first-order chi connectivity index (χ1) is 8.93. The van der Waals surface area contributed by atoms with Gasteiger partial charge < -0.3 is 15.0 Å². The summed E-state index contributed by atoms with van der Waals surface area (Å²) in [5.74, 6) is 0. The first-order valence-corrected chi connectivity index (χ1v) is 7.36. The van der Waals surface area contributed by atoms with Crippen molar-refractivity contribution in [3.05, 3.63) is 0 Å². The van der Waals surface area contributed by atoms with Crippen LogP contribution in [0.4, 0.5) is 4.79 Å². The van der Waals surface area contributed by atoms with Crippen molar-refractivity contribution in [1.29, 1.82) is 0 Å². The molecule has 1 saturated heterocycles. The van der Waals surface area contributed by atoms with Crippen molar-refractivity contribution in [2.24, 2.45) is 0 Å². The van der Waals surface area contributed by atoms with Crippen molar-refractivity contribution in [1.82, 2.24) is 15.1 Å². The van der Waals surface area contributed by atoms with E-state index in [4.69, 9.17) is 4.74 Å². The van der Waals surface area contributed by atoms with Gasteiger partial charge in [-0.3, -0.25) is 4.90 Å². The average Bonchev–Trinajstić information content (AvgIpc) is 2.32. The summed E-state index contributed by atoms with van der Waals surface area (Å²) in [5, 5.41) is 3.00. The van der Waals surface area contributed by atoms with Gasteiger partial charge in [0.25, 0.3) is 0 Å². The summed E-state index contributed by atoms with van der Waals surface area (Å²) < 4.78 is 5.63. The van der Waals surface area contributed by atoms with E-state index in [2.05, 4.69) is 31.0 Å². The third-order valence-electron chi connectivity index (χ3n) is 3.52. The smallest absolute Gasteiger partial charge is 0.317 e. The number of morpholine rings is 1.